The Morgan fingerprint density at radius 2 is 1.62 bits per heavy atom. The molecular weight excluding hydrogens is 332 g/mol. The minimum absolute atomic E-state index is 0.108. The van der Waals surface area contributed by atoms with Crippen LogP contribution in [0.2, 0.25) is 0 Å². The van der Waals surface area contributed by atoms with Crippen LogP contribution in [0.3, 0.4) is 0 Å². The molecule has 0 saturated carbocycles. The summed E-state index contributed by atoms with van der Waals surface area (Å²) < 4.78 is 15.6. The van der Waals surface area contributed by atoms with Gasteiger partial charge in [-0.2, -0.15) is 0 Å². The molecule has 0 radical (unpaired) electrons. The van der Waals surface area contributed by atoms with E-state index in [0.717, 1.165) is 16.9 Å². The van der Waals surface area contributed by atoms with Gasteiger partial charge >= 0.3 is 0 Å². The van der Waals surface area contributed by atoms with Crippen molar-refractivity contribution >= 4 is 6.08 Å². The van der Waals surface area contributed by atoms with Crippen molar-refractivity contribution in [2.75, 3.05) is 27.9 Å². The van der Waals surface area contributed by atoms with E-state index in [1.54, 1.807) is 33.5 Å². The van der Waals surface area contributed by atoms with Gasteiger partial charge in [-0.05, 0) is 41.8 Å². The normalized spacial score (nSPS) is 13.4. The molecule has 5 nitrogen and oxygen atoms in total. The lowest BCUT2D eigenvalue weighted by atomic mass is 9.93. The van der Waals surface area contributed by atoms with E-state index in [2.05, 4.69) is 0 Å². The van der Waals surface area contributed by atoms with Crippen molar-refractivity contribution in [3.05, 3.63) is 59.7 Å². The van der Waals surface area contributed by atoms with Crippen LogP contribution in [0.4, 0.5) is 0 Å². The number of aliphatic hydroxyl groups excluding tert-OH is 2. The average molecular weight is 358 g/mol. The fourth-order valence-electron chi connectivity index (χ4n) is 2.71. The van der Waals surface area contributed by atoms with Crippen molar-refractivity contribution < 1.29 is 24.4 Å². The molecule has 0 amide bonds. The number of benzene rings is 2. The van der Waals surface area contributed by atoms with Crippen molar-refractivity contribution in [3.63, 3.8) is 0 Å². The summed E-state index contributed by atoms with van der Waals surface area (Å²) in [5.41, 5.74) is 1.71. The van der Waals surface area contributed by atoms with Crippen LogP contribution in [-0.4, -0.2) is 38.1 Å². The first-order valence-electron chi connectivity index (χ1n) is 8.44. The van der Waals surface area contributed by atoms with E-state index < -0.39 is 6.10 Å². The first-order valence-corrected chi connectivity index (χ1v) is 8.44. The van der Waals surface area contributed by atoms with Gasteiger partial charge in [-0.15, -0.1) is 0 Å². The molecule has 2 aromatic rings. The number of hydrogen-bond acceptors (Lipinski definition) is 5. The third kappa shape index (κ3) is 5.00. The SMILES string of the molecule is COc1ccc([C@H](O)[C@@H](CO)C/C=C/c2ccc(OC)c(OC)c2)cc1. The van der Waals surface area contributed by atoms with Crippen molar-refractivity contribution in [2.45, 2.75) is 12.5 Å². The standard InChI is InChI=1S/C21H26O5/c1-24-18-10-8-16(9-11-18)21(23)17(14-22)6-4-5-15-7-12-19(25-2)20(13-15)26-3/h4-5,7-13,17,21-23H,6,14H2,1-3H3/b5-4+/t17-,21+/m1/s1. The lowest BCUT2D eigenvalue weighted by Crippen LogP contribution is -2.16. The highest BCUT2D eigenvalue weighted by Gasteiger charge is 2.19. The van der Waals surface area contributed by atoms with Gasteiger partial charge in [0.15, 0.2) is 11.5 Å². The molecule has 0 aromatic heterocycles. The van der Waals surface area contributed by atoms with Gasteiger partial charge < -0.3 is 24.4 Å². The quantitative estimate of drug-likeness (QED) is 0.718. The summed E-state index contributed by atoms with van der Waals surface area (Å²) in [6, 6.07) is 12.9. The lowest BCUT2D eigenvalue weighted by Gasteiger charge is -2.20. The molecular formula is C21H26O5. The van der Waals surface area contributed by atoms with Gasteiger partial charge in [0.2, 0.25) is 0 Å². The molecule has 2 rings (SSSR count). The molecule has 0 spiro atoms. The largest absolute Gasteiger partial charge is 0.497 e. The summed E-state index contributed by atoms with van der Waals surface area (Å²) >= 11 is 0. The zero-order valence-electron chi connectivity index (χ0n) is 15.4. The van der Waals surface area contributed by atoms with Gasteiger partial charge in [0.25, 0.3) is 0 Å². The number of hydrogen-bond donors (Lipinski definition) is 2. The fraction of sp³-hybridized carbons (Fsp3) is 0.333. The highest BCUT2D eigenvalue weighted by atomic mass is 16.5. The first kappa shape index (κ1) is 19.8. The molecule has 26 heavy (non-hydrogen) atoms. The predicted octanol–water partition coefficient (Wildman–Crippen LogP) is 3.46. The molecule has 2 N–H and O–H groups in total. The molecule has 0 saturated heterocycles. The van der Waals surface area contributed by atoms with Gasteiger partial charge in [-0.25, -0.2) is 0 Å². The van der Waals surface area contributed by atoms with Crippen molar-refractivity contribution in [1.82, 2.24) is 0 Å². The topological polar surface area (TPSA) is 68.2 Å². The van der Waals surface area contributed by atoms with Crippen LogP contribution >= 0.6 is 0 Å². The molecule has 5 heteroatoms. The Labute approximate surface area is 154 Å². The fourth-order valence-corrected chi connectivity index (χ4v) is 2.71. The van der Waals surface area contributed by atoms with E-state index in [1.165, 1.54) is 0 Å². The van der Waals surface area contributed by atoms with Gasteiger partial charge in [0.05, 0.1) is 27.4 Å². The summed E-state index contributed by atoms with van der Waals surface area (Å²) in [4.78, 5) is 0. The van der Waals surface area contributed by atoms with Crippen LogP contribution < -0.4 is 14.2 Å². The van der Waals surface area contributed by atoms with Crippen molar-refractivity contribution in [1.29, 1.82) is 0 Å². The summed E-state index contributed by atoms with van der Waals surface area (Å²) in [6.45, 7) is -0.108. The van der Waals surface area contributed by atoms with Crippen molar-refractivity contribution in [2.24, 2.45) is 5.92 Å². The number of ether oxygens (including phenoxy) is 3. The van der Waals surface area contributed by atoms with Crippen LogP contribution in [0.5, 0.6) is 17.2 Å². The smallest absolute Gasteiger partial charge is 0.161 e. The zero-order valence-corrected chi connectivity index (χ0v) is 15.4. The molecule has 140 valence electrons. The second-order valence-corrected chi connectivity index (χ2v) is 5.91. The number of methoxy groups -OCH3 is 3. The van der Waals surface area contributed by atoms with E-state index in [-0.39, 0.29) is 12.5 Å². The Morgan fingerprint density at radius 1 is 0.923 bits per heavy atom. The lowest BCUT2D eigenvalue weighted by molar-refractivity contribution is 0.0684. The second-order valence-electron chi connectivity index (χ2n) is 5.91. The van der Waals surface area contributed by atoms with Crippen LogP contribution in [0, 0.1) is 5.92 Å². The molecule has 0 bridgehead atoms. The predicted molar refractivity (Wildman–Crippen MR) is 102 cm³/mol. The van der Waals surface area contributed by atoms with Crippen LogP contribution in [0.1, 0.15) is 23.7 Å². The minimum Gasteiger partial charge on any atom is -0.497 e. The van der Waals surface area contributed by atoms with Gasteiger partial charge in [-0.3, -0.25) is 0 Å². The molecule has 0 fully saturated rings. The third-order valence-corrected chi connectivity index (χ3v) is 4.30. The van der Waals surface area contributed by atoms with E-state index in [1.807, 2.05) is 42.5 Å². The zero-order chi connectivity index (χ0) is 18.9. The summed E-state index contributed by atoms with van der Waals surface area (Å²) in [6.07, 6.45) is 3.67. The number of rotatable bonds is 9. The summed E-state index contributed by atoms with van der Waals surface area (Å²) in [5.74, 6) is 1.77. The van der Waals surface area contributed by atoms with Crippen LogP contribution in [0.15, 0.2) is 48.5 Å². The monoisotopic (exact) mass is 358 g/mol. The number of allylic oxidation sites excluding steroid dienone is 1. The molecule has 2 aromatic carbocycles. The Hall–Kier alpha value is -2.50. The summed E-state index contributed by atoms with van der Waals surface area (Å²) in [5, 5.41) is 20.2. The van der Waals surface area contributed by atoms with E-state index in [9.17, 15) is 10.2 Å². The van der Waals surface area contributed by atoms with Gasteiger partial charge in [-0.1, -0.05) is 30.4 Å². The number of aliphatic hydroxyl groups is 2. The van der Waals surface area contributed by atoms with E-state index in [4.69, 9.17) is 14.2 Å². The Morgan fingerprint density at radius 3 is 2.19 bits per heavy atom. The minimum atomic E-state index is -0.749. The highest BCUT2D eigenvalue weighted by Crippen LogP contribution is 2.29. The Kier molecular flexibility index (Phi) is 7.51. The average Bonchev–Trinajstić information content (AvgIpc) is 2.70. The maximum Gasteiger partial charge on any atom is 0.161 e. The maximum atomic E-state index is 10.5. The highest BCUT2D eigenvalue weighted by molar-refractivity contribution is 5.55. The Bertz CT molecular complexity index is 709. The van der Waals surface area contributed by atoms with Gasteiger partial charge in [0, 0.05) is 12.5 Å². The van der Waals surface area contributed by atoms with E-state index >= 15 is 0 Å². The maximum absolute atomic E-state index is 10.5. The molecule has 2 atom stereocenters. The van der Waals surface area contributed by atoms with Crippen LogP contribution in [0.25, 0.3) is 6.08 Å². The van der Waals surface area contributed by atoms with Crippen molar-refractivity contribution in [3.8, 4) is 17.2 Å². The molecule has 0 aliphatic carbocycles. The van der Waals surface area contributed by atoms with Gasteiger partial charge in [0.1, 0.15) is 5.75 Å². The molecule has 0 unspecified atom stereocenters. The van der Waals surface area contributed by atoms with E-state index in [0.29, 0.717) is 17.9 Å². The molecule has 0 aliphatic heterocycles. The second kappa shape index (κ2) is 9.85. The summed E-state index contributed by atoms with van der Waals surface area (Å²) in [7, 11) is 4.79. The first-order chi connectivity index (χ1) is 12.6. The third-order valence-electron chi connectivity index (χ3n) is 4.30. The molecule has 0 heterocycles. The Balaban J connectivity index is 2.04. The van der Waals surface area contributed by atoms with Crippen LogP contribution in [-0.2, 0) is 0 Å². The molecule has 0 aliphatic rings.